The maximum Gasteiger partial charge on any atom is 0.306 e. The Balaban J connectivity index is 2.73. The molecule has 1 heterocycles. The zero-order valence-corrected chi connectivity index (χ0v) is 9.09. The van der Waals surface area contributed by atoms with E-state index in [2.05, 4.69) is 4.74 Å². The maximum atomic E-state index is 11.1. The second-order valence-electron chi connectivity index (χ2n) is 3.55. The first-order valence-corrected chi connectivity index (χ1v) is 4.68. The van der Waals surface area contributed by atoms with E-state index >= 15 is 0 Å². The van der Waals surface area contributed by atoms with Gasteiger partial charge in [0.05, 0.1) is 13.5 Å². The quantitative estimate of drug-likeness (QED) is 0.697. The van der Waals surface area contributed by atoms with Gasteiger partial charge in [-0.05, 0) is 31.4 Å². The maximum absolute atomic E-state index is 11.1. The molecule has 0 amide bonds. The van der Waals surface area contributed by atoms with Crippen molar-refractivity contribution in [2.75, 3.05) is 7.11 Å². The van der Waals surface area contributed by atoms with E-state index in [0.717, 1.165) is 17.1 Å². The summed E-state index contributed by atoms with van der Waals surface area (Å²) in [6, 6.07) is 1.98. The van der Waals surface area contributed by atoms with Gasteiger partial charge >= 0.3 is 5.97 Å². The first kappa shape index (κ1) is 10.8. The molecule has 0 spiro atoms. The molecule has 78 valence electrons. The highest BCUT2D eigenvalue weighted by Crippen LogP contribution is 2.25. The summed E-state index contributed by atoms with van der Waals surface area (Å²) in [7, 11) is 1.41. The molecule has 0 aliphatic heterocycles. The van der Waals surface area contributed by atoms with Crippen molar-refractivity contribution in [2.24, 2.45) is 0 Å². The summed E-state index contributed by atoms with van der Waals surface area (Å²) in [4.78, 5) is 11.1. The van der Waals surface area contributed by atoms with E-state index in [4.69, 9.17) is 4.42 Å². The lowest BCUT2D eigenvalue weighted by molar-refractivity contribution is -0.140. The fraction of sp³-hybridized carbons (Fsp3) is 0.545. The molecule has 0 aliphatic carbocycles. The van der Waals surface area contributed by atoms with E-state index in [1.165, 1.54) is 7.11 Å². The molecule has 14 heavy (non-hydrogen) atoms. The van der Waals surface area contributed by atoms with Gasteiger partial charge < -0.3 is 9.15 Å². The van der Waals surface area contributed by atoms with Crippen LogP contribution in [0.2, 0.25) is 0 Å². The number of carbonyl (C=O) groups is 1. The molecule has 1 rings (SSSR count). The Hall–Kier alpha value is -1.25. The molecule has 3 nitrogen and oxygen atoms in total. The lowest BCUT2D eigenvalue weighted by atomic mass is 9.98. The largest absolute Gasteiger partial charge is 0.469 e. The summed E-state index contributed by atoms with van der Waals surface area (Å²) in [5.74, 6) is 1.74. The van der Waals surface area contributed by atoms with Crippen LogP contribution in [0.15, 0.2) is 10.5 Å². The van der Waals surface area contributed by atoms with Gasteiger partial charge in [0.1, 0.15) is 11.5 Å². The molecule has 1 unspecified atom stereocenters. The van der Waals surface area contributed by atoms with Gasteiger partial charge in [-0.2, -0.15) is 0 Å². The van der Waals surface area contributed by atoms with Crippen molar-refractivity contribution in [3.63, 3.8) is 0 Å². The smallest absolute Gasteiger partial charge is 0.306 e. The Kier molecular flexibility index (Phi) is 3.33. The third-order valence-electron chi connectivity index (χ3n) is 2.31. The SMILES string of the molecule is COC(=O)CC(C)c1cc(C)oc1C. The average Bonchev–Trinajstić information content (AvgIpc) is 2.45. The van der Waals surface area contributed by atoms with Crippen LogP contribution in [0.4, 0.5) is 0 Å². The molecule has 0 saturated carbocycles. The standard InChI is InChI=1S/C11H16O3/c1-7(5-11(12)13-4)10-6-8(2)14-9(10)3/h6-7H,5H2,1-4H3. The summed E-state index contributed by atoms with van der Waals surface area (Å²) in [5, 5.41) is 0. The molecule has 3 heteroatoms. The zero-order valence-electron chi connectivity index (χ0n) is 9.09. The van der Waals surface area contributed by atoms with E-state index in [9.17, 15) is 4.79 Å². The van der Waals surface area contributed by atoms with Crippen molar-refractivity contribution >= 4 is 5.97 Å². The fourth-order valence-corrected chi connectivity index (χ4v) is 1.58. The lowest BCUT2D eigenvalue weighted by Gasteiger charge is -2.07. The van der Waals surface area contributed by atoms with Gasteiger partial charge in [0, 0.05) is 0 Å². The number of ether oxygens (including phenoxy) is 1. The first-order valence-electron chi connectivity index (χ1n) is 4.68. The molecule has 0 fully saturated rings. The van der Waals surface area contributed by atoms with Gasteiger partial charge in [0.2, 0.25) is 0 Å². The van der Waals surface area contributed by atoms with Crippen molar-refractivity contribution in [3.05, 3.63) is 23.2 Å². The summed E-state index contributed by atoms with van der Waals surface area (Å²) < 4.78 is 10.0. The summed E-state index contributed by atoms with van der Waals surface area (Å²) >= 11 is 0. The van der Waals surface area contributed by atoms with E-state index in [-0.39, 0.29) is 11.9 Å². The van der Waals surface area contributed by atoms with Crippen LogP contribution in [0.5, 0.6) is 0 Å². The number of carbonyl (C=O) groups excluding carboxylic acids is 1. The van der Waals surface area contributed by atoms with E-state index < -0.39 is 0 Å². The second-order valence-corrected chi connectivity index (χ2v) is 3.55. The molecule has 1 atom stereocenters. The van der Waals surface area contributed by atoms with Crippen molar-refractivity contribution in [2.45, 2.75) is 33.1 Å². The van der Waals surface area contributed by atoms with Crippen molar-refractivity contribution < 1.29 is 13.9 Å². The zero-order chi connectivity index (χ0) is 10.7. The van der Waals surface area contributed by atoms with E-state index in [1.807, 2.05) is 26.8 Å². The van der Waals surface area contributed by atoms with Crippen LogP contribution in [-0.2, 0) is 9.53 Å². The molecule has 1 aromatic heterocycles. The number of hydrogen-bond donors (Lipinski definition) is 0. The van der Waals surface area contributed by atoms with Crippen molar-refractivity contribution in [1.29, 1.82) is 0 Å². The highest BCUT2D eigenvalue weighted by Gasteiger charge is 2.16. The van der Waals surface area contributed by atoms with Crippen LogP contribution in [-0.4, -0.2) is 13.1 Å². The monoisotopic (exact) mass is 196 g/mol. The van der Waals surface area contributed by atoms with Gasteiger partial charge in [0.25, 0.3) is 0 Å². The van der Waals surface area contributed by atoms with Crippen molar-refractivity contribution in [3.8, 4) is 0 Å². The number of rotatable bonds is 3. The molecule has 0 bridgehead atoms. The van der Waals surface area contributed by atoms with Gasteiger partial charge in [-0.3, -0.25) is 4.79 Å². The Morgan fingerprint density at radius 2 is 2.21 bits per heavy atom. The van der Waals surface area contributed by atoms with Crippen LogP contribution in [0.1, 0.15) is 36.3 Å². The lowest BCUT2D eigenvalue weighted by Crippen LogP contribution is -2.06. The van der Waals surface area contributed by atoms with Crippen molar-refractivity contribution in [1.82, 2.24) is 0 Å². The first-order chi connectivity index (χ1) is 6.54. The fourth-order valence-electron chi connectivity index (χ4n) is 1.58. The molecular formula is C11H16O3. The Morgan fingerprint density at radius 1 is 1.57 bits per heavy atom. The molecule has 0 N–H and O–H groups in total. The predicted octanol–water partition coefficient (Wildman–Crippen LogP) is 2.56. The predicted molar refractivity (Wildman–Crippen MR) is 53.2 cm³/mol. The number of aryl methyl sites for hydroxylation is 2. The Bertz CT molecular complexity index is 325. The summed E-state index contributed by atoms with van der Waals surface area (Å²) in [6.07, 6.45) is 0.399. The van der Waals surface area contributed by atoms with Crippen LogP contribution < -0.4 is 0 Å². The number of esters is 1. The third kappa shape index (κ3) is 2.37. The molecule has 1 aromatic rings. The number of hydrogen-bond acceptors (Lipinski definition) is 3. The van der Waals surface area contributed by atoms with Gasteiger partial charge in [-0.15, -0.1) is 0 Å². The van der Waals surface area contributed by atoms with E-state index in [1.54, 1.807) is 0 Å². The Morgan fingerprint density at radius 3 is 2.64 bits per heavy atom. The van der Waals surface area contributed by atoms with Crippen LogP contribution >= 0.6 is 0 Å². The van der Waals surface area contributed by atoms with Gasteiger partial charge in [-0.1, -0.05) is 6.92 Å². The van der Waals surface area contributed by atoms with Gasteiger partial charge in [-0.25, -0.2) is 0 Å². The Labute approximate surface area is 84.1 Å². The van der Waals surface area contributed by atoms with Gasteiger partial charge in [0.15, 0.2) is 0 Å². The van der Waals surface area contributed by atoms with Crippen LogP contribution in [0, 0.1) is 13.8 Å². The molecular weight excluding hydrogens is 180 g/mol. The average molecular weight is 196 g/mol. The van der Waals surface area contributed by atoms with E-state index in [0.29, 0.717) is 6.42 Å². The topological polar surface area (TPSA) is 39.4 Å². The minimum Gasteiger partial charge on any atom is -0.469 e. The second kappa shape index (κ2) is 4.31. The highest BCUT2D eigenvalue weighted by molar-refractivity contribution is 5.70. The third-order valence-corrected chi connectivity index (χ3v) is 2.31. The highest BCUT2D eigenvalue weighted by atomic mass is 16.5. The minimum atomic E-state index is -0.184. The minimum absolute atomic E-state index is 0.153. The van der Waals surface area contributed by atoms with Crippen LogP contribution in [0.3, 0.4) is 0 Å². The van der Waals surface area contributed by atoms with Crippen LogP contribution in [0.25, 0.3) is 0 Å². The normalized spacial score (nSPS) is 12.6. The number of furan rings is 1. The molecule has 0 saturated heterocycles. The molecule has 0 radical (unpaired) electrons. The summed E-state index contributed by atoms with van der Waals surface area (Å²) in [5.41, 5.74) is 1.09. The molecule has 0 aromatic carbocycles. The number of methoxy groups -OCH3 is 1. The molecule has 0 aliphatic rings. The summed E-state index contributed by atoms with van der Waals surface area (Å²) in [6.45, 7) is 5.81.